The molecule has 0 nitrogen and oxygen atoms in total. The number of hydrogen-bond acceptors (Lipinski definition) is 0. The molecule has 70 valence electrons. The van der Waals surface area contributed by atoms with E-state index in [2.05, 4.69) is 0 Å². The van der Waals surface area contributed by atoms with Gasteiger partial charge < -0.3 is 0 Å². The molecule has 1 aromatic rings. The summed E-state index contributed by atoms with van der Waals surface area (Å²) in [7, 11) is 0. The highest BCUT2D eigenvalue weighted by Crippen LogP contribution is 2.49. The summed E-state index contributed by atoms with van der Waals surface area (Å²) in [6.45, 7) is 0. The Hall–Kier alpha value is -0.560. The Labute approximate surface area is 82.7 Å². The highest BCUT2D eigenvalue weighted by molar-refractivity contribution is 6.18. The summed E-state index contributed by atoms with van der Waals surface area (Å²) in [5, 5.41) is 0. The fourth-order valence-electron chi connectivity index (χ4n) is 1.58. The van der Waals surface area contributed by atoms with E-state index in [1.807, 2.05) is 12.1 Å². The predicted octanol–water partition coefficient (Wildman–Crippen LogP) is 3.39. The van der Waals surface area contributed by atoms with E-state index in [9.17, 15) is 4.39 Å². The minimum atomic E-state index is -0.0982. The van der Waals surface area contributed by atoms with Crippen LogP contribution >= 0.6 is 11.6 Å². The van der Waals surface area contributed by atoms with Crippen molar-refractivity contribution in [2.24, 2.45) is 5.41 Å². The second-order valence-electron chi connectivity index (χ2n) is 3.90. The van der Waals surface area contributed by atoms with Gasteiger partial charge in [-0.05, 0) is 36.3 Å². The predicted molar refractivity (Wildman–Crippen MR) is 52.5 cm³/mol. The summed E-state index contributed by atoms with van der Waals surface area (Å²) >= 11 is 5.84. The maximum Gasteiger partial charge on any atom is 0.126 e. The van der Waals surface area contributed by atoms with Crippen molar-refractivity contribution in [3.05, 3.63) is 35.6 Å². The van der Waals surface area contributed by atoms with E-state index < -0.39 is 0 Å². The third-order valence-electron chi connectivity index (χ3n) is 2.76. The Morgan fingerprint density at radius 1 is 1.31 bits per heavy atom. The van der Waals surface area contributed by atoms with Crippen LogP contribution in [0.2, 0.25) is 0 Å². The molecule has 0 saturated heterocycles. The summed E-state index contributed by atoms with van der Waals surface area (Å²) in [6.07, 6.45) is 3.08. The molecule has 0 unspecified atom stereocenters. The highest BCUT2D eigenvalue weighted by Gasteiger charge is 2.41. The van der Waals surface area contributed by atoms with Crippen LogP contribution in [0, 0.1) is 11.2 Å². The van der Waals surface area contributed by atoms with Gasteiger partial charge in [0.25, 0.3) is 0 Å². The summed E-state index contributed by atoms with van der Waals surface area (Å²) in [6, 6.07) is 6.96. The largest absolute Gasteiger partial charge is 0.207 e. The smallest absolute Gasteiger partial charge is 0.126 e. The van der Waals surface area contributed by atoms with E-state index in [0.717, 1.165) is 24.8 Å². The van der Waals surface area contributed by atoms with Crippen LogP contribution in [0.3, 0.4) is 0 Å². The molecule has 1 saturated carbocycles. The molecule has 2 heteroatoms. The SMILES string of the molecule is Fc1ccccc1CC1(CCl)CC1. The van der Waals surface area contributed by atoms with Gasteiger partial charge in [-0.1, -0.05) is 18.2 Å². The number of halogens is 2. The summed E-state index contributed by atoms with van der Waals surface area (Å²) in [4.78, 5) is 0. The molecule has 1 aromatic carbocycles. The average molecular weight is 199 g/mol. The molecule has 1 aliphatic rings. The van der Waals surface area contributed by atoms with E-state index in [1.54, 1.807) is 6.07 Å². The molecule has 0 aromatic heterocycles. The lowest BCUT2D eigenvalue weighted by molar-refractivity contribution is 0.539. The third kappa shape index (κ3) is 1.86. The minimum absolute atomic E-state index is 0.0982. The van der Waals surface area contributed by atoms with Gasteiger partial charge >= 0.3 is 0 Å². The molecule has 0 radical (unpaired) electrons. The topological polar surface area (TPSA) is 0 Å². The molecule has 2 rings (SSSR count). The molecular formula is C11H12ClF. The molecular weight excluding hydrogens is 187 g/mol. The maximum atomic E-state index is 13.2. The Kier molecular flexibility index (Phi) is 2.29. The first-order chi connectivity index (χ1) is 6.26. The Morgan fingerprint density at radius 3 is 2.54 bits per heavy atom. The van der Waals surface area contributed by atoms with Crippen LogP contribution in [0.15, 0.2) is 24.3 Å². The van der Waals surface area contributed by atoms with Gasteiger partial charge in [0, 0.05) is 5.88 Å². The van der Waals surface area contributed by atoms with E-state index in [-0.39, 0.29) is 11.2 Å². The zero-order valence-corrected chi connectivity index (χ0v) is 8.15. The van der Waals surface area contributed by atoms with Crippen LogP contribution in [-0.4, -0.2) is 5.88 Å². The third-order valence-corrected chi connectivity index (χ3v) is 3.33. The average Bonchev–Trinajstić information content (AvgIpc) is 2.90. The number of rotatable bonds is 3. The highest BCUT2D eigenvalue weighted by atomic mass is 35.5. The van der Waals surface area contributed by atoms with Crippen molar-refractivity contribution in [1.82, 2.24) is 0 Å². The summed E-state index contributed by atoms with van der Waals surface area (Å²) in [5.74, 6) is 0.556. The Balaban J connectivity index is 2.14. The molecule has 0 aliphatic heterocycles. The van der Waals surface area contributed by atoms with Crippen LogP contribution in [0.5, 0.6) is 0 Å². The van der Waals surface area contributed by atoms with Crippen LogP contribution in [-0.2, 0) is 6.42 Å². The van der Waals surface area contributed by atoms with Gasteiger partial charge in [-0.2, -0.15) is 0 Å². The van der Waals surface area contributed by atoms with Crippen molar-refractivity contribution in [1.29, 1.82) is 0 Å². The molecule has 0 amide bonds. The molecule has 1 aliphatic carbocycles. The zero-order chi connectivity index (χ0) is 9.31. The van der Waals surface area contributed by atoms with E-state index in [4.69, 9.17) is 11.6 Å². The van der Waals surface area contributed by atoms with E-state index >= 15 is 0 Å². The molecule has 0 N–H and O–H groups in total. The van der Waals surface area contributed by atoms with Gasteiger partial charge in [-0.25, -0.2) is 4.39 Å². The first kappa shape index (κ1) is 9.01. The normalized spacial score (nSPS) is 18.6. The monoisotopic (exact) mass is 198 g/mol. The quantitative estimate of drug-likeness (QED) is 0.654. The van der Waals surface area contributed by atoms with Gasteiger partial charge in [-0.3, -0.25) is 0 Å². The van der Waals surface area contributed by atoms with Crippen molar-refractivity contribution < 1.29 is 4.39 Å². The van der Waals surface area contributed by atoms with Gasteiger partial charge in [0.15, 0.2) is 0 Å². The van der Waals surface area contributed by atoms with Crippen molar-refractivity contribution >= 4 is 11.6 Å². The van der Waals surface area contributed by atoms with Crippen molar-refractivity contribution in [3.8, 4) is 0 Å². The van der Waals surface area contributed by atoms with Gasteiger partial charge in [0.05, 0.1) is 0 Å². The second-order valence-corrected chi connectivity index (χ2v) is 4.17. The Morgan fingerprint density at radius 2 is 2.00 bits per heavy atom. The number of hydrogen-bond donors (Lipinski definition) is 0. The lowest BCUT2D eigenvalue weighted by Crippen LogP contribution is -2.07. The standard InChI is InChI=1S/C11H12ClF/c12-8-11(5-6-11)7-9-3-1-2-4-10(9)13/h1-4H,5-8H2. The van der Waals surface area contributed by atoms with Crippen molar-refractivity contribution in [2.45, 2.75) is 19.3 Å². The van der Waals surface area contributed by atoms with E-state index in [0.29, 0.717) is 5.88 Å². The summed E-state index contributed by atoms with van der Waals surface area (Å²) < 4.78 is 13.2. The molecule has 0 spiro atoms. The maximum absolute atomic E-state index is 13.2. The van der Waals surface area contributed by atoms with Gasteiger partial charge in [-0.15, -0.1) is 11.6 Å². The molecule has 0 atom stereocenters. The van der Waals surface area contributed by atoms with Crippen molar-refractivity contribution in [2.75, 3.05) is 5.88 Å². The first-order valence-corrected chi connectivity index (χ1v) is 5.09. The zero-order valence-electron chi connectivity index (χ0n) is 7.39. The molecule has 0 bridgehead atoms. The number of alkyl halides is 1. The fourth-order valence-corrected chi connectivity index (χ4v) is 1.94. The molecule has 13 heavy (non-hydrogen) atoms. The number of benzene rings is 1. The fraction of sp³-hybridized carbons (Fsp3) is 0.455. The molecule has 1 fully saturated rings. The second kappa shape index (κ2) is 3.30. The lowest BCUT2D eigenvalue weighted by atomic mass is 9.98. The Bertz CT molecular complexity index is 305. The van der Waals surface area contributed by atoms with E-state index in [1.165, 1.54) is 6.07 Å². The minimum Gasteiger partial charge on any atom is -0.207 e. The first-order valence-electron chi connectivity index (χ1n) is 4.55. The van der Waals surface area contributed by atoms with Crippen LogP contribution in [0.1, 0.15) is 18.4 Å². The van der Waals surface area contributed by atoms with Crippen LogP contribution in [0.25, 0.3) is 0 Å². The summed E-state index contributed by atoms with van der Waals surface area (Å²) in [5.41, 5.74) is 1.02. The lowest BCUT2D eigenvalue weighted by Gasteiger charge is -2.11. The van der Waals surface area contributed by atoms with Gasteiger partial charge in [0.2, 0.25) is 0 Å². The van der Waals surface area contributed by atoms with Crippen LogP contribution < -0.4 is 0 Å². The van der Waals surface area contributed by atoms with Gasteiger partial charge in [0.1, 0.15) is 5.82 Å². The van der Waals surface area contributed by atoms with Crippen LogP contribution in [0.4, 0.5) is 4.39 Å². The van der Waals surface area contributed by atoms with Crippen molar-refractivity contribution in [3.63, 3.8) is 0 Å². The molecule has 0 heterocycles.